The highest BCUT2D eigenvalue weighted by Crippen LogP contribution is 2.48. The van der Waals surface area contributed by atoms with E-state index in [0.717, 1.165) is 10.3 Å². The fourth-order valence-corrected chi connectivity index (χ4v) is 10.3. The van der Waals surface area contributed by atoms with Crippen molar-refractivity contribution >= 4 is 35.5 Å². The fourth-order valence-electron chi connectivity index (χ4n) is 4.99. The van der Waals surface area contributed by atoms with E-state index in [9.17, 15) is 14.3 Å². The van der Waals surface area contributed by atoms with Crippen LogP contribution in [0.1, 0.15) is 23.9 Å². The summed E-state index contributed by atoms with van der Waals surface area (Å²) in [6, 6.07) is 41.2. The van der Waals surface area contributed by atoms with Crippen LogP contribution in [0.5, 0.6) is 0 Å². The molecule has 0 saturated carbocycles. The lowest BCUT2D eigenvalue weighted by Crippen LogP contribution is -2.39. The molecule has 5 aromatic rings. The molecular formula is C33H33NO4P2. The molecule has 1 heterocycles. The maximum absolute atomic E-state index is 14.8. The highest BCUT2D eigenvalue weighted by atomic mass is 31.2. The number of benzene rings is 4. The van der Waals surface area contributed by atoms with Crippen LogP contribution in [0, 0.1) is 5.21 Å². The van der Waals surface area contributed by atoms with E-state index >= 15 is 0 Å². The number of nitrogens with zero attached hydrogens (tertiary/aromatic N) is 1. The number of hydrogen-bond donors (Lipinski definition) is 0. The van der Waals surface area contributed by atoms with Gasteiger partial charge in [0, 0.05) is 33.4 Å². The Labute approximate surface area is 235 Å². The third-order valence-electron chi connectivity index (χ3n) is 7.10. The summed E-state index contributed by atoms with van der Waals surface area (Å²) in [6.45, 7) is 2.03. The van der Waals surface area contributed by atoms with E-state index in [4.69, 9.17) is 0 Å². The van der Waals surface area contributed by atoms with Gasteiger partial charge in [0.2, 0.25) is 11.4 Å². The predicted molar refractivity (Wildman–Crippen MR) is 165 cm³/mol. The first-order chi connectivity index (χ1) is 18.9. The van der Waals surface area contributed by atoms with Crippen molar-refractivity contribution in [3.8, 4) is 0 Å². The summed E-state index contributed by atoms with van der Waals surface area (Å²) < 4.78 is 30.4. The van der Waals surface area contributed by atoms with E-state index in [1.165, 1.54) is 0 Å². The SMILES string of the molecule is CCc1cc(CP(=O)(c2ccccc2)c2ccccc2)[n+]([O-])c(CP(=O)(c2ccccc2)c2ccccc2)c1.O. The lowest BCUT2D eigenvalue weighted by molar-refractivity contribution is -0.620. The van der Waals surface area contributed by atoms with Crippen molar-refractivity contribution in [1.82, 2.24) is 0 Å². The van der Waals surface area contributed by atoms with Gasteiger partial charge in [-0.3, -0.25) is 0 Å². The highest BCUT2D eigenvalue weighted by molar-refractivity contribution is 7.78. The molecule has 0 unspecified atom stereocenters. The molecule has 0 atom stereocenters. The van der Waals surface area contributed by atoms with Crippen LogP contribution in [-0.4, -0.2) is 5.48 Å². The summed E-state index contributed by atoms with van der Waals surface area (Å²) in [5.74, 6) is 0. The zero-order chi connectivity index (χ0) is 27.3. The van der Waals surface area contributed by atoms with Gasteiger partial charge in [-0.2, -0.15) is 4.73 Å². The summed E-state index contributed by atoms with van der Waals surface area (Å²) >= 11 is 0. The monoisotopic (exact) mass is 569 g/mol. The van der Waals surface area contributed by atoms with Crippen LogP contribution in [0.2, 0.25) is 0 Å². The zero-order valence-electron chi connectivity index (χ0n) is 22.4. The molecule has 0 aliphatic carbocycles. The van der Waals surface area contributed by atoms with E-state index in [2.05, 4.69) is 0 Å². The molecule has 40 heavy (non-hydrogen) atoms. The number of rotatable bonds is 9. The Hall–Kier alpha value is -3.75. The van der Waals surface area contributed by atoms with Crippen LogP contribution in [0.4, 0.5) is 0 Å². The topological polar surface area (TPSA) is 92.6 Å². The van der Waals surface area contributed by atoms with Gasteiger partial charge in [-0.25, -0.2) is 0 Å². The first-order valence-electron chi connectivity index (χ1n) is 13.1. The Morgan fingerprint density at radius 2 is 0.825 bits per heavy atom. The molecule has 2 N–H and O–H groups in total. The molecule has 0 aliphatic heterocycles. The van der Waals surface area contributed by atoms with Crippen LogP contribution in [0.15, 0.2) is 133 Å². The van der Waals surface area contributed by atoms with E-state index in [1.807, 2.05) is 140 Å². The number of pyridine rings is 1. The van der Waals surface area contributed by atoms with Crippen molar-refractivity contribution in [2.45, 2.75) is 25.7 Å². The van der Waals surface area contributed by atoms with Gasteiger partial charge in [-0.05, 0) is 12.0 Å². The third kappa shape index (κ3) is 5.88. The molecule has 7 heteroatoms. The van der Waals surface area contributed by atoms with Crippen molar-refractivity contribution in [3.63, 3.8) is 0 Å². The van der Waals surface area contributed by atoms with E-state index in [-0.39, 0.29) is 17.8 Å². The summed E-state index contributed by atoms with van der Waals surface area (Å²) in [5, 5.41) is 16.8. The van der Waals surface area contributed by atoms with Crippen molar-refractivity contribution in [3.05, 3.63) is 156 Å². The Morgan fingerprint density at radius 1 is 0.550 bits per heavy atom. The average molecular weight is 570 g/mol. The Morgan fingerprint density at radius 3 is 1.07 bits per heavy atom. The highest BCUT2D eigenvalue weighted by Gasteiger charge is 2.34. The zero-order valence-corrected chi connectivity index (χ0v) is 24.2. The van der Waals surface area contributed by atoms with Crippen molar-refractivity contribution in [1.29, 1.82) is 0 Å². The van der Waals surface area contributed by atoms with Crippen LogP contribution < -0.4 is 25.9 Å². The second kappa shape index (κ2) is 12.6. The van der Waals surface area contributed by atoms with Crippen LogP contribution >= 0.6 is 14.3 Å². The molecule has 0 saturated heterocycles. The second-order valence-electron chi connectivity index (χ2n) is 9.63. The lowest BCUT2D eigenvalue weighted by Gasteiger charge is -2.22. The van der Waals surface area contributed by atoms with Gasteiger partial charge in [-0.15, -0.1) is 0 Å². The van der Waals surface area contributed by atoms with Gasteiger partial charge in [0.15, 0.2) is 14.3 Å². The van der Waals surface area contributed by atoms with Gasteiger partial charge in [0.1, 0.15) is 0 Å². The molecule has 0 amide bonds. The quantitative estimate of drug-likeness (QED) is 0.141. The number of aryl methyl sites for hydroxylation is 1. The molecule has 204 valence electrons. The van der Waals surface area contributed by atoms with Gasteiger partial charge in [0.25, 0.3) is 0 Å². The minimum absolute atomic E-state index is 0. The molecule has 1 aromatic heterocycles. The molecule has 0 spiro atoms. The Bertz CT molecular complexity index is 1440. The summed E-state index contributed by atoms with van der Waals surface area (Å²) in [4.78, 5) is 0. The number of hydrogen-bond acceptors (Lipinski definition) is 3. The Kier molecular flexibility index (Phi) is 9.22. The first kappa shape index (κ1) is 29.2. The summed E-state index contributed by atoms with van der Waals surface area (Å²) in [7, 11) is -6.36. The van der Waals surface area contributed by atoms with Gasteiger partial charge >= 0.3 is 0 Å². The molecule has 0 aliphatic rings. The molecule has 0 fully saturated rings. The van der Waals surface area contributed by atoms with Gasteiger partial charge < -0.3 is 19.8 Å². The fraction of sp³-hybridized carbons (Fsp3) is 0.121. The van der Waals surface area contributed by atoms with Gasteiger partial charge in [-0.1, -0.05) is 128 Å². The third-order valence-corrected chi connectivity index (χ3v) is 13.2. The standard InChI is InChI=1S/C33H31NO3P2.H2O/c1-2-27-23-28(25-38(36,30-15-7-3-8-16-30)31-17-9-4-10-18-31)34(35)29(24-27)26-39(37,32-19-11-5-12-20-32)33-21-13-6-14-22-33;/h3-24H,2,25-26H2,1H3;1H2. The molecule has 5 nitrogen and oxygen atoms in total. The minimum atomic E-state index is -3.18. The lowest BCUT2D eigenvalue weighted by atomic mass is 10.1. The largest absolute Gasteiger partial charge is 0.618 e. The normalized spacial score (nSPS) is 11.5. The van der Waals surface area contributed by atoms with Crippen molar-refractivity contribution in [2.75, 3.05) is 0 Å². The molecule has 0 bridgehead atoms. The van der Waals surface area contributed by atoms with E-state index in [0.29, 0.717) is 39.0 Å². The predicted octanol–water partition coefficient (Wildman–Crippen LogP) is 5.09. The maximum Gasteiger partial charge on any atom is 0.201 e. The Balaban J connectivity index is 0.00000370. The molecule has 4 aromatic carbocycles. The van der Waals surface area contributed by atoms with E-state index < -0.39 is 14.3 Å². The van der Waals surface area contributed by atoms with Crippen molar-refractivity contribution in [2.24, 2.45) is 0 Å². The van der Waals surface area contributed by atoms with Gasteiger partial charge in [0.05, 0.1) is 12.3 Å². The van der Waals surface area contributed by atoms with Crippen LogP contribution in [-0.2, 0) is 27.9 Å². The molecular weight excluding hydrogens is 536 g/mol. The maximum atomic E-state index is 14.8. The van der Waals surface area contributed by atoms with Crippen molar-refractivity contribution < 1.29 is 19.3 Å². The molecule has 0 radical (unpaired) electrons. The average Bonchev–Trinajstić information content (AvgIpc) is 3.00. The second-order valence-corrected chi connectivity index (χ2v) is 15.3. The molecule has 5 rings (SSSR count). The van der Waals surface area contributed by atoms with E-state index in [1.54, 1.807) is 0 Å². The summed E-state index contributed by atoms with van der Waals surface area (Å²) in [6.07, 6.45) is 0.849. The first-order valence-corrected chi connectivity index (χ1v) is 16.9. The summed E-state index contributed by atoms with van der Waals surface area (Å²) in [5.41, 5.74) is 1.80. The van der Waals surface area contributed by atoms with Crippen LogP contribution in [0.25, 0.3) is 0 Å². The smallest absolute Gasteiger partial charge is 0.201 e. The van der Waals surface area contributed by atoms with Crippen LogP contribution in [0.3, 0.4) is 0 Å². The number of aromatic nitrogens is 1. The minimum Gasteiger partial charge on any atom is -0.618 e.